The molecular formula is C19H24ClN2O4P. The van der Waals surface area contributed by atoms with Crippen LogP contribution in [0.3, 0.4) is 0 Å². The maximum Gasteiger partial charge on any atom is 0.357 e. The molecule has 146 valence electrons. The predicted octanol–water partition coefficient (Wildman–Crippen LogP) is 5.73. The Kier molecular flexibility index (Phi) is 7.87. The molecule has 1 atom stereocenters. The van der Waals surface area contributed by atoms with Gasteiger partial charge in [-0.25, -0.2) is 4.79 Å². The second-order valence-corrected chi connectivity index (χ2v) is 8.27. The number of amides is 2. The van der Waals surface area contributed by atoms with Crippen molar-refractivity contribution in [3.8, 4) is 0 Å². The summed E-state index contributed by atoms with van der Waals surface area (Å²) in [6.07, 6.45) is 0. The zero-order valence-electron chi connectivity index (χ0n) is 15.6. The largest absolute Gasteiger partial charge is 0.357 e. The Balaban J connectivity index is 2.26. The topological polar surface area (TPSA) is 76.7 Å². The monoisotopic (exact) mass is 410 g/mol. The minimum absolute atomic E-state index is 0.192. The van der Waals surface area contributed by atoms with Crippen molar-refractivity contribution in [2.45, 2.75) is 26.6 Å². The first-order valence-electron chi connectivity index (χ1n) is 8.67. The van der Waals surface area contributed by atoms with Gasteiger partial charge in [0.25, 0.3) is 0 Å². The van der Waals surface area contributed by atoms with Crippen LogP contribution in [0.4, 0.5) is 10.5 Å². The van der Waals surface area contributed by atoms with E-state index in [2.05, 4.69) is 10.6 Å². The Morgan fingerprint density at radius 3 is 2.30 bits per heavy atom. The lowest BCUT2D eigenvalue weighted by molar-refractivity contribution is 0.205. The normalized spacial score (nSPS) is 12.4. The molecule has 0 radical (unpaired) electrons. The molecule has 0 bridgehead atoms. The van der Waals surface area contributed by atoms with Crippen molar-refractivity contribution in [3.05, 3.63) is 64.7 Å². The van der Waals surface area contributed by atoms with Crippen LogP contribution in [0.2, 0.25) is 5.02 Å². The first-order chi connectivity index (χ1) is 12.9. The zero-order chi connectivity index (χ0) is 19.9. The number of rotatable bonds is 8. The average molecular weight is 411 g/mol. The summed E-state index contributed by atoms with van der Waals surface area (Å²) in [7, 11) is -3.63. The van der Waals surface area contributed by atoms with Gasteiger partial charge in [-0.2, -0.15) is 0 Å². The number of hydrogen-bond donors (Lipinski definition) is 2. The van der Waals surface area contributed by atoms with Crippen molar-refractivity contribution in [1.82, 2.24) is 5.32 Å². The van der Waals surface area contributed by atoms with Crippen molar-refractivity contribution in [2.75, 3.05) is 18.5 Å². The highest BCUT2D eigenvalue weighted by atomic mass is 35.5. The second kappa shape index (κ2) is 9.90. The third-order valence-corrected chi connectivity index (χ3v) is 6.45. The lowest BCUT2D eigenvalue weighted by Gasteiger charge is -2.27. The Morgan fingerprint density at radius 1 is 1.11 bits per heavy atom. The van der Waals surface area contributed by atoms with Crippen LogP contribution in [0.25, 0.3) is 0 Å². The van der Waals surface area contributed by atoms with Crippen LogP contribution in [0.15, 0.2) is 48.5 Å². The number of nitrogens with one attached hydrogen (secondary N) is 2. The first-order valence-corrected chi connectivity index (χ1v) is 10.7. The van der Waals surface area contributed by atoms with Crippen molar-refractivity contribution < 1.29 is 18.4 Å². The van der Waals surface area contributed by atoms with E-state index in [1.54, 1.807) is 56.3 Å². The van der Waals surface area contributed by atoms with E-state index in [9.17, 15) is 9.36 Å². The molecule has 0 fully saturated rings. The van der Waals surface area contributed by atoms with Gasteiger partial charge < -0.3 is 19.7 Å². The number of aryl methyl sites for hydroxylation is 1. The number of urea groups is 1. The minimum atomic E-state index is -3.63. The van der Waals surface area contributed by atoms with Crippen LogP contribution in [-0.4, -0.2) is 19.2 Å². The minimum Gasteiger partial charge on any atom is -0.320 e. The summed E-state index contributed by atoms with van der Waals surface area (Å²) in [5.74, 6) is -0.945. The summed E-state index contributed by atoms with van der Waals surface area (Å²) in [5.41, 5.74) is 2.05. The third kappa shape index (κ3) is 5.81. The van der Waals surface area contributed by atoms with Gasteiger partial charge in [-0.1, -0.05) is 48.0 Å². The molecule has 0 aromatic heterocycles. The summed E-state index contributed by atoms with van der Waals surface area (Å²) in [4.78, 5) is 12.6. The molecule has 0 aliphatic heterocycles. The van der Waals surface area contributed by atoms with Crippen LogP contribution in [0.5, 0.6) is 0 Å². The average Bonchev–Trinajstić information content (AvgIpc) is 2.64. The molecule has 2 aromatic rings. The molecule has 0 heterocycles. The van der Waals surface area contributed by atoms with Crippen molar-refractivity contribution >= 4 is 30.9 Å². The van der Waals surface area contributed by atoms with Crippen LogP contribution in [0.1, 0.15) is 30.8 Å². The van der Waals surface area contributed by atoms with E-state index in [0.29, 0.717) is 16.3 Å². The Hall–Kier alpha value is -1.85. The van der Waals surface area contributed by atoms with E-state index < -0.39 is 19.4 Å². The Labute approximate surface area is 164 Å². The Bertz CT molecular complexity index is 807. The summed E-state index contributed by atoms with van der Waals surface area (Å²) >= 11 is 6.10. The number of hydrogen-bond acceptors (Lipinski definition) is 4. The number of carbonyl (C=O) groups excluding carboxylic acids is 1. The predicted molar refractivity (Wildman–Crippen MR) is 108 cm³/mol. The van der Waals surface area contributed by atoms with Gasteiger partial charge in [0.15, 0.2) is 5.78 Å². The molecule has 0 unspecified atom stereocenters. The van der Waals surface area contributed by atoms with Crippen LogP contribution < -0.4 is 10.6 Å². The molecule has 2 amide bonds. The van der Waals surface area contributed by atoms with Gasteiger partial charge in [-0.05, 0) is 44.0 Å². The molecule has 2 rings (SSSR count). The van der Waals surface area contributed by atoms with Crippen LogP contribution in [0, 0.1) is 6.92 Å². The fourth-order valence-corrected chi connectivity index (χ4v) is 4.57. The van der Waals surface area contributed by atoms with Gasteiger partial charge in [0.2, 0.25) is 0 Å². The fourth-order valence-electron chi connectivity index (χ4n) is 2.49. The van der Waals surface area contributed by atoms with Gasteiger partial charge in [0.1, 0.15) is 0 Å². The van der Waals surface area contributed by atoms with E-state index in [-0.39, 0.29) is 13.2 Å². The highest BCUT2D eigenvalue weighted by molar-refractivity contribution is 7.54. The van der Waals surface area contributed by atoms with Crippen LogP contribution in [-0.2, 0) is 13.6 Å². The van der Waals surface area contributed by atoms with E-state index >= 15 is 0 Å². The van der Waals surface area contributed by atoms with Crippen LogP contribution >= 0.6 is 19.2 Å². The summed E-state index contributed by atoms with van der Waals surface area (Å²) in [6, 6.07) is 13.6. The maximum absolute atomic E-state index is 13.3. The van der Waals surface area contributed by atoms with Gasteiger partial charge in [0.05, 0.1) is 13.2 Å². The molecule has 8 heteroatoms. The van der Waals surface area contributed by atoms with E-state index in [1.807, 2.05) is 13.0 Å². The highest BCUT2D eigenvalue weighted by Gasteiger charge is 2.38. The molecule has 0 aliphatic rings. The van der Waals surface area contributed by atoms with Gasteiger partial charge in [-0.15, -0.1) is 0 Å². The van der Waals surface area contributed by atoms with Gasteiger partial charge >= 0.3 is 13.6 Å². The third-order valence-electron chi connectivity index (χ3n) is 3.75. The number of benzene rings is 2. The number of anilines is 1. The zero-order valence-corrected chi connectivity index (χ0v) is 17.2. The van der Waals surface area contributed by atoms with E-state index in [1.165, 1.54) is 0 Å². The molecule has 6 nitrogen and oxygen atoms in total. The molecule has 0 aliphatic carbocycles. The number of halogens is 1. The lowest BCUT2D eigenvalue weighted by Crippen LogP contribution is -2.33. The molecule has 0 saturated carbocycles. The van der Waals surface area contributed by atoms with E-state index in [0.717, 1.165) is 5.56 Å². The molecule has 0 spiro atoms. The summed E-state index contributed by atoms with van der Waals surface area (Å²) in [6.45, 7) is 5.71. The second-order valence-electron chi connectivity index (χ2n) is 5.75. The summed E-state index contributed by atoms with van der Waals surface area (Å²) < 4.78 is 24.2. The molecular weight excluding hydrogens is 387 g/mol. The first kappa shape index (κ1) is 21.5. The number of carbonyl (C=O) groups is 1. The fraction of sp³-hybridized carbons (Fsp3) is 0.316. The Morgan fingerprint density at radius 2 is 1.74 bits per heavy atom. The molecule has 2 aromatic carbocycles. The quantitative estimate of drug-likeness (QED) is 0.544. The molecule has 27 heavy (non-hydrogen) atoms. The highest BCUT2D eigenvalue weighted by Crippen LogP contribution is 2.59. The van der Waals surface area contributed by atoms with E-state index in [4.69, 9.17) is 20.6 Å². The molecule has 2 N–H and O–H groups in total. The van der Waals surface area contributed by atoms with Crippen molar-refractivity contribution in [1.29, 1.82) is 0 Å². The van der Waals surface area contributed by atoms with Crippen molar-refractivity contribution in [3.63, 3.8) is 0 Å². The summed E-state index contributed by atoms with van der Waals surface area (Å²) in [5, 5.41) is 5.96. The SMILES string of the molecule is CCOP(=O)(OCC)[C@@H](NC(=O)Nc1ccc(C)c(Cl)c1)c1ccccc1. The standard InChI is InChI=1S/C19H24ClN2O4P/c1-4-25-27(24,26-5-2)18(15-9-7-6-8-10-15)22-19(23)21-16-12-11-14(3)17(20)13-16/h6-13,18H,4-5H2,1-3H3,(H2,21,22,23)/t18-/m1/s1. The lowest BCUT2D eigenvalue weighted by atomic mass is 10.2. The van der Waals surface area contributed by atoms with Crippen molar-refractivity contribution in [2.24, 2.45) is 0 Å². The smallest absolute Gasteiger partial charge is 0.320 e. The molecule has 0 saturated heterocycles. The van der Waals surface area contributed by atoms with Gasteiger partial charge in [0, 0.05) is 10.7 Å². The van der Waals surface area contributed by atoms with Gasteiger partial charge in [-0.3, -0.25) is 4.57 Å². The maximum atomic E-state index is 13.3.